The van der Waals surface area contributed by atoms with Gasteiger partial charge in [0.25, 0.3) is 0 Å². The molecule has 2 bridgehead atoms. The molecule has 3 aromatic rings. The maximum absolute atomic E-state index is 12.3. The fraction of sp³-hybridized carbons (Fsp3) is 0.250. The summed E-state index contributed by atoms with van der Waals surface area (Å²) in [6.45, 7) is 0.364. The van der Waals surface area contributed by atoms with Crippen molar-refractivity contribution in [1.82, 2.24) is 14.3 Å². The second-order valence-electron chi connectivity index (χ2n) is 6.79. The van der Waals surface area contributed by atoms with Gasteiger partial charge in [-0.2, -0.15) is 0 Å². The summed E-state index contributed by atoms with van der Waals surface area (Å²) >= 11 is 5.76. The van der Waals surface area contributed by atoms with Crippen molar-refractivity contribution in [3.63, 3.8) is 0 Å². The molecule has 1 aromatic heterocycles. The van der Waals surface area contributed by atoms with E-state index in [2.05, 4.69) is 5.32 Å². The van der Waals surface area contributed by atoms with Gasteiger partial charge in [0, 0.05) is 12.1 Å². The number of ether oxygens (including phenoxy) is 2. The zero-order valence-electron chi connectivity index (χ0n) is 14.9. The first-order chi connectivity index (χ1) is 13.7. The number of ketones is 1. The number of carbonyl (C=O) groups is 1. The summed E-state index contributed by atoms with van der Waals surface area (Å²) in [6.07, 6.45) is -0.688. The van der Waals surface area contributed by atoms with Gasteiger partial charge in [-0.1, -0.05) is 36.4 Å². The highest BCUT2D eigenvalue weighted by molar-refractivity contribution is 7.71. The van der Waals surface area contributed by atoms with E-state index in [0.29, 0.717) is 23.7 Å². The van der Waals surface area contributed by atoms with Crippen LogP contribution in [0, 0.1) is 4.77 Å². The van der Waals surface area contributed by atoms with Crippen molar-refractivity contribution < 1.29 is 14.3 Å². The molecule has 8 heteroatoms. The van der Waals surface area contributed by atoms with Gasteiger partial charge in [-0.25, -0.2) is 4.68 Å². The third kappa shape index (κ3) is 2.95. The zero-order chi connectivity index (χ0) is 19.1. The first kappa shape index (κ1) is 17.3. The van der Waals surface area contributed by atoms with E-state index in [-0.39, 0.29) is 17.9 Å². The highest BCUT2D eigenvalue weighted by Crippen LogP contribution is 2.34. The molecule has 0 aliphatic carbocycles. The van der Waals surface area contributed by atoms with Gasteiger partial charge in [0.05, 0.1) is 18.3 Å². The lowest BCUT2D eigenvalue weighted by Crippen LogP contribution is -2.37. The second kappa shape index (κ2) is 6.97. The molecule has 0 saturated carbocycles. The molecule has 2 fully saturated rings. The van der Waals surface area contributed by atoms with E-state index in [4.69, 9.17) is 26.8 Å². The monoisotopic (exact) mass is 394 g/mol. The van der Waals surface area contributed by atoms with Gasteiger partial charge < -0.3 is 14.8 Å². The van der Waals surface area contributed by atoms with E-state index >= 15 is 0 Å². The molecule has 0 amide bonds. The van der Waals surface area contributed by atoms with Gasteiger partial charge in [-0.3, -0.25) is 9.36 Å². The number of anilines is 2. The fourth-order valence-corrected chi connectivity index (χ4v) is 3.98. The molecule has 5 rings (SSSR count). The Hall–Kier alpha value is -2.81. The number of carbonyl (C=O) groups excluding carboxylic acids is 1. The topological polar surface area (TPSA) is 70.3 Å². The van der Waals surface area contributed by atoms with Crippen molar-refractivity contribution in [2.45, 2.75) is 24.9 Å². The van der Waals surface area contributed by atoms with Crippen LogP contribution in [-0.4, -0.2) is 39.1 Å². The van der Waals surface area contributed by atoms with E-state index in [1.165, 1.54) is 0 Å². The number of nitrogens with zero attached hydrogens (tertiary/aromatic N) is 3. The van der Waals surface area contributed by atoms with Crippen molar-refractivity contribution in [2.75, 3.05) is 11.9 Å². The number of benzene rings is 2. The molecule has 0 radical (unpaired) electrons. The average molecular weight is 394 g/mol. The summed E-state index contributed by atoms with van der Waals surface area (Å²) in [5.41, 5.74) is 1.79. The molecule has 142 valence electrons. The number of hydrogen-bond donors (Lipinski definition) is 1. The number of rotatable bonds is 4. The van der Waals surface area contributed by atoms with Crippen LogP contribution in [0.5, 0.6) is 0 Å². The zero-order valence-corrected chi connectivity index (χ0v) is 15.7. The molecule has 2 aliphatic rings. The number of Topliss-reactive ketones (excluding diaryl/α,β-unsaturated/α-hetero) is 1. The third-order valence-electron chi connectivity index (χ3n) is 4.97. The fourth-order valence-electron chi connectivity index (χ4n) is 3.61. The maximum atomic E-state index is 12.3. The molecular formula is C20H18N4O3S. The van der Waals surface area contributed by atoms with Crippen LogP contribution in [0.4, 0.5) is 11.6 Å². The van der Waals surface area contributed by atoms with Crippen LogP contribution in [0.3, 0.4) is 0 Å². The van der Waals surface area contributed by atoms with Crippen molar-refractivity contribution in [1.29, 1.82) is 0 Å². The lowest BCUT2D eigenvalue weighted by molar-refractivity contribution is -0.156. The Morgan fingerprint density at radius 1 is 1.07 bits per heavy atom. The van der Waals surface area contributed by atoms with Gasteiger partial charge >= 0.3 is 0 Å². The van der Waals surface area contributed by atoms with Crippen LogP contribution >= 0.6 is 12.2 Å². The predicted octanol–water partition coefficient (Wildman–Crippen LogP) is 3.40. The molecule has 2 aliphatic heterocycles. The Morgan fingerprint density at radius 2 is 1.79 bits per heavy atom. The molecule has 0 unspecified atom stereocenters. The molecule has 3 atom stereocenters. The predicted molar refractivity (Wildman–Crippen MR) is 105 cm³/mol. The van der Waals surface area contributed by atoms with E-state index in [1.54, 1.807) is 4.68 Å². The average Bonchev–Trinajstić information content (AvgIpc) is 3.29. The SMILES string of the molecule is O=C1C[C@H](n2nc(Nc3ccccc3)n(-c3ccccc3)c2=S)[C@H]2CO[C@H]1O2. The standard InChI is InChI=1S/C20H18N4O3S/c25-16-11-15(17-12-26-18(16)27-17)24-20(28)23(14-9-5-2-6-10-14)19(22-24)21-13-7-3-1-4-8-13/h1-10,15,17-18H,11-12H2,(H,21,22)/t15-,17+,18-/m0/s1. The Balaban J connectivity index is 1.61. The number of hydrogen-bond acceptors (Lipinski definition) is 6. The van der Waals surface area contributed by atoms with Gasteiger partial charge in [0.2, 0.25) is 17.0 Å². The first-order valence-electron chi connectivity index (χ1n) is 9.09. The van der Waals surface area contributed by atoms with Crippen LogP contribution in [-0.2, 0) is 14.3 Å². The normalized spacial score (nSPS) is 23.7. The molecule has 2 aromatic carbocycles. The third-order valence-corrected chi connectivity index (χ3v) is 5.34. The van der Waals surface area contributed by atoms with Gasteiger partial charge in [-0.05, 0) is 36.5 Å². The number of para-hydroxylation sites is 2. The van der Waals surface area contributed by atoms with Crippen molar-refractivity contribution in [3.8, 4) is 5.69 Å². The van der Waals surface area contributed by atoms with Crippen molar-refractivity contribution in [3.05, 3.63) is 65.4 Å². The summed E-state index contributed by atoms with van der Waals surface area (Å²) < 4.78 is 15.2. The van der Waals surface area contributed by atoms with Crippen LogP contribution in [0.25, 0.3) is 5.69 Å². The largest absolute Gasteiger partial charge is 0.343 e. The lowest BCUT2D eigenvalue weighted by atomic mass is 10.0. The lowest BCUT2D eigenvalue weighted by Gasteiger charge is -2.26. The minimum absolute atomic E-state index is 0.0764. The Kier molecular flexibility index (Phi) is 4.31. The smallest absolute Gasteiger partial charge is 0.232 e. The number of nitrogens with one attached hydrogen (secondary N) is 1. The summed E-state index contributed by atoms with van der Waals surface area (Å²) in [4.78, 5) is 12.3. The first-order valence-corrected chi connectivity index (χ1v) is 9.50. The van der Waals surface area contributed by atoms with Crippen molar-refractivity contribution >= 4 is 29.6 Å². The molecular weight excluding hydrogens is 376 g/mol. The van der Waals surface area contributed by atoms with Crippen LogP contribution in [0.15, 0.2) is 60.7 Å². The summed E-state index contributed by atoms with van der Waals surface area (Å²) in [6, 6.07) is 19.3. The quantitative estimate of drug-likeness (QED) is 0.684. The van der Waals surface area contributed by atoms with Crippen LogP contribution < -0.4 is 5.32 Å². The summed E-state index contributed by atoms with van der Waals surface area (Å²) in [5, 5.41) is 8.07. The van der Waals surface area contributed by atoms with E-state index in [9.17, 15) is 4.79 Å². The maximum Gasteiger partial charge on any atom is 0.232 e. The Labute approximate surface area is 166 Å². The van der Waals surface area contributed by atoms with Gasteiger partial charge in [-0.15, -0.1) is 5.10 Å². The Morgan fingerprint density at radius 3 is 2.54 bits per heavy atom. The second-order valence-corrected chi connectivity index (χ2v) is 7.16. The van der Waals surface area contributed by atoms with E-state index < -0.39 is 6.29 Å². The van der Waals surface area contributed by atoms with Crippen LogP contribution in [0.1, 0.15) is 12.5 Å². The Bertz CT molecular complexity index is 1060. The molecule has 3 heterocycles. The van der Waals surface area contributed by atoms with Crippen LogP contribution in [0.2, 0.25) is 0 Å². The molecule has 0 spiro atoms. The van der Waals surface area contributed by atoms with Gasteiger partial charge in [0.15, 0.2) is 5.78 Å². The van der Waals surface area contributed by atoms with Crippen molar-refractivity contribution in [2.24, 2.45) is 0 Å². The summed E-state index contributed by atoms with van der Waals surface area (Å²) in [5.74, 6) is 0.503. The highest BCUT2D eigenvalue weighted by atomic mass is 32.1. The van der Waals surface area contributed by atoms with E-state index in [0.717, 1.165) is 11.4 Å². The molecule has 7 nitrogen and oxygen atoms in total. The minimum atomic E-state index is -0.742. The highest BCUT2D eigenvalue weighted by Gasteiger charge is 2.45. The summed E-state index contributed by atoms with van der Waals surface area (Å²) in [7, 11) is 0. The number of fused-ring (bicyclic) bond motifs is 2. The number of aromatic nitrogens is 3. The van der Waals surface area contributed by atoms with Gasteiger partial charge in [0.1, 0.15) is 6.10 Å². The minimum Gasteiger partial charge on any atom is -0.343 e. The molecule has 28 heavy (non-hydrogen) atoms. The molecule has 2 saturated heterocycles. The van der Waals surface area contributed by atoms with E-state index in [1.807, 2.05) is 65.2 Å². The molecule has 1 N–H and O–H groups in total.